The number of halogens is 1. The third kappa shape index (κ3) is 3.18. The Labute approximate surface area is 91.3 Å². The number of allylic oxidation sites excluding steroid dienone is 1. The number of hydrogen-bond acceptors (Lipinski definition) is 3. The number of nitro groups is 1. The topological polar surface area (TPSA) is 60.2 Å². The van der Waals surface area contributed by atoms with Crippen LogP contribution in [0.4, 0.5) is 5.69 Å². The Morgan fingerprint density at radius 1 is 1.53 bits per heavy atom. The summed E-state index contributed by atoms with van der Waals surface area (Å²) in [4.78, 5) is 20.6. The lowest BCUT2D eigenvalue weighted by Crippen LogP contribution is -1.89. The van der Waals surface area contributed by atoms with Crippen LogP contribution >= 0.6 is 11.6 Å². The van der Waals surface area contributed by atoms with Gasteiger partial charge < -0.3 is 0 Å². The van der Waals surface area contributed by atoms with Crippen LogP contribution in [-0.2, 0) is 4.79 Å². The van der Waals surface area contributed by atoms with Crippen LogP contribution < -0.4 is 0 Å². The maximum absolute atomic E-state index is 10.7. The lowest BCUT2D eigenvalue weighted by atomic mass is 10.2. The minimum atomic E-state index is -0.512. The fourth-order valence-electron chi connectivity index (χ4n) is 0.980. The number of carbonyl (C=O) groups excluding carboxylic acids is 1. The Morgan fingerprint density at radius 3 is 2.73 bits per heavy atom. The van der Waals surface area contributed by atoms with Crippen LogP contribution in [0.1, 0.15) is 12.5 Å². The molecule has 0 unspecified atom stereocenters. The van der Waals surface area contributed by atoms with Gasteiger partial charge in [-0.15, -0.1) is 0 Å². The van der Waals surface area contributed by atoms with Crippen molar-refractivity contribution in [2.45, 2.75) is 6.92 Å². The van der Waals surface area contributed by atoms with Crippen molar-refractivity contribution in [2.24, 2.45) is 0 Å². The predicted molar refractivity (Wildman–Crippen MR) is 57.8 cm³/mol. The zero-order valence-corrected chi connectivity index (χ0v) is 8.69. The largest absolute Gasteiger partial charge is 0.295 e. The van der Waals surface area contributed by atoms with Crippen LogP contribution in [0.5, 0.6) is 0 Å². The zero-order chi connectivity index (χ0) is 11.4. The Kier molecular flexibility index (Phi) is 3.57. The summed E-state index contributed by atoms with van der Waals surface area (Å²) in [7, 11) is 0. The highest BCUT2D eigenvalue weighted by atomic mass is 35.5. The van der Waals surface area contributed by atoms with E-state index >= 15 is 0 Å². The van der Waals surface area contributed by atoms with E-state index in [0.717, 1.165) is 0 Å². The Morgan fingerprint density at radius 2 is 2.20 bits per heavy atom. The number of rotatable bonds is 3. The summed E-state index contributed by atoms with van der Waals surface area (Å²) in [5.74, 6) is -0.141. The highest BCUT2D eigenvalue weighted by Crippen LogP contribution is 2.23. The van der Waals surface area contributed by atoms with E-state index in [1.165, 1.54) is 37.3 Å². The van der Waals surface area contributed by atoms with Gasteiger partial charge in [-0.3, -0.25) is 14.9 Å². The predicted octanol–water partition coefficient (Wildman–Crippen LogP) is 2.85. The van der Waals surface area contributed by atoms with Gasteiger partial charge in [-0.2, -0.15) is 0 Å². The summed E-state index contributed by atoms with van der Waals surface area (Å²) in [5.41, 5.74) is 0.406. The molecule has 0 heterocycles. The van der Waals surface area contributed by atoms with Gasteiger partial charge in [0, 0.05) is 17.2 Å². The number of carbonyl (C=O) groups is 1. The van der Waals surface area contributed by atoms with Crippen LogP contribution in [0.15, 0.2) is 24.3 Å². The van der Waals surface area contributed by atoms with Crippen LogP contribution in [0.3, 0.4) is 0 Å². The summed E-state index contributed by atoms with van der Waals surface area (Å²) in [6.45, 7) is 1.39. The summed E-state index contributed by atoms with van der Waals surface area (Å²) < 4.78 is 0. The molecule has 0 bridgehead atoms. The third-order valence-corrected chi connectivity index (χ3v) is 2.03. The maximum atomic E-state index is 10.7. The first kappa shape index (κ1) is 11.4. The van der Waals surface area contributed by atoms with Crippen molar-refractivity contribution >= 4 is 29.1 Å². The molecule has 1 rings (SSSR count). The Bertz CT molecular complexity index is 440. The molecule has 78 valence electrons. The van der Waals surface area contributed by atoms with Gasteiger partial charge >= 0.3 is 0 Å². The van der Waals surface area contributed by atoms with Crippen molar-refractivity contribution in [1.29, 1.82) is 0 Å². The van der Waals surface area contributed by atoms with Crippen molar-refractivity contribution in [3.63, 3.8) is 0 Å². The molecule has 1 aromatic rings. The SMILES string of the molecule is CC(=O)/C=C/c1cc([N+](=O)[O-])ccc1Cl. The average Bonchev–Trinajstić information content (AvgIpc) is 2.16. The highest BCUT2D eigenvalue weighted by molar-refractivity contribution is 6.32. The molecule has 0 atom stereocenters. The molecule has 0 spiro atoms. The summed E-state index contributed by atoms with van der Waals surface area (Å²) >= 11 is 5.80. The first-order chi connectivity index (χ1) is 7.00. The van der Waals surface area contributed by atoms with E-state index in [2.05, 4.69) is 0 Å². The van der Waals surface area contributed by atoms with E-state index in [4.69, 9.17) is 11.6 Å². The van der Waals surface area contributed by atoms with Gasteiger partial charge in [0.2, 0.25) is 0 Å². The molecule has 0 saturated heterocycles. The summed E-state index contributed by atoms with van der Waals surface area (Å²) in [6, 6.07) is 4.06. The minimum absolute atomic E-state index is 0.0531. The first-order valence-electron chi connectivity index (χ1n) is 4.13. The quantitative estimate of drug-likeness (QED) is 0.451. The van der Waals surface area contributed by atoms with Crippen molar-refractivity contribution in [1.82, 2.24) is 0 Å². The molecule has 0 aliphatic carbocycles. The summed E-state index contributed by atoms with van der Waals surface area (Å²) in [6.07, 6.45) is 2.77. The van der Waals surface area contributed by atoms with Gasteiger partial charge in [0.1, 0.15) is 0 Å². The molecule has 0 radical (unpaired) electrons. The third-order valence-electron chi connectivity index (χ3n) is 1.69. The van der Waals surface area contributed by atoms with Crippen molar-refractivity contribution < 1.29 is 9.72 Å². The second-order valence-corrected chi connectivity index (χ2v) is 3.31. The molecule has 0 fully saturated rings. The second kappa shape index (κ2) is 4.70. The molecule has 0 N–H and O–H groups in total. The molecule has 0 aromatic heterocycles. The first-order valence-corrected chi connectivity index (χ1v) is 4.51. The van der Waals surface area contributed by atoms with Crippen molar-refractivity contribution in [3.05, 3.63) is 45.0 Å². The minimum Gasteiger partial charge on any atom is -0.295 e. The molecule has 5 heteroatoms. The Hall–Kier alpha value is -1.68. The Balaban J connectivity index is 3.11. The van der Waals surface area contributed by atoms with E-state index in [9.17, 15) is 14.9 Å². The van der Waals surface area contributed by atoms with E-state index in [-0.39, 0.29) is 11.5 Å². The average molecular weight is 226 g/mol. The normalized spacial score (nSPS) is 10.5. The smallest absolute Gasteiger partial charge is 0.270 e. The molecular weight excluding hydrogens is 218 g/mol. The number of hydrogen-bond donors (Lipinski definition) is 0. The zero-order valence-electron chi connectivity index (χ0n) is 7.94. The monoisotopic (exact) mass is 225 g/mol. The molecule has 0 aliphatic heterocycles. The number of benzene rings is 1. The summed E-state index contributed by atoms with van der Waals surface area (Å²) in [5, 5.41) is 10.8. The van der Waals surface area contributed by atoms with Gasteiger partial charge in [-0.1, -0.05) is 11.6 Å². The van der Waals surface area contributed by atoms with Crippen LogP contribution in [-0.4, -0.2) is 10.7 Å². The van der Waals surface area contributed by atoms with Crippen molar-refractivity contribution in [2.75, 3.05) is 0 Å². The lowest BCUT2D eigenvalue weighted by molar-refractivity contribution is -0.384. The standard InChI is InChI=1S/C10H8ClNO3/c1-7(13)2-3-8-6-9(12(14)15)4-5-10(8)11/h2-6H,1H3/b3-2+. The molecule has 0 saturated carbocycles. The van der Waals surface area contributed by atoms with E-state index in [0.29, 0.717) is 10.6 Å². The van der Waals surface area contributed by atoms with E-state index in [1.54, 1.807) is 0 Å². The number of nitrogens with zero attached hydrogens (tertiary/aromatic N) is 1. The van der Waals surface area contributed by atoms with Crippen molar-refractivity contribution in [3.8, 4) is 0 Å². The number of non-ortho nitro benzene ring substituents is 1. The fraction of sp³-hybridized carbons (Fsp3) is 0.100. The van der Waals surface area contributed by atoms with Gasteiger partial charge in [-0.25, -0.2) is 0 Å². The number of nitro benzene ring substituents is 1. The van der Waals surface area contributed by atoms with Gasteiger partial charge in [0.05, 0.1) is 4.92 Å². The molecule has 4 nitrogen and oxygen atoms in total. The second-order valence-electron chi connectivity index (χ2n) is 2.91. The lowest BCUT2D eigenvalue weighted by Gasteiger charge is -1.97. The van der Waals surface area contributed by atoms with Gasteiger partial charge in [0.25, 0.3) is 5.69 Å². The maximum Gasteiger partial charge on any atom is 0.270 e. The molecule has 0 aliphatic rings. The van der Waals surface area contributed by atoms with Gasteiger partial charge in [-0.05, 0) is 30.7 Å². The molecule has 1 aromatic carbocycles. The van der Waals surface area contributed by atoms with Crippen LogP contribution in [0, 0.1) is 10.1 Å². The van der Waals surface area contributed by atoms with Gasteiger partial charge in [0.15, 0.2) is 5.78 Å². The number of ketones is 1. The molecule has 0 amide bonds. The molecule has 15 heavy (non-hydrogen) atoms. The van der Waals surface area contributed by atoms with E-state index < -0.39 is 4.92 Å². The van der Waals surface area contributed by atoms with Crippen LogP contribution in [0.2, 0.25) is 5.02 Å². The van der Waals surface area contributed by atoms with E-state index in [1.807, 2.05) is 0 Å². The molecular formula is C10H8ClNO3. The van der Waals surface area contributed by atoms with Crippen LogP contribution in [0.25, 0.3) is 6.08 Å². The highest BCUT2D eigenvalue weighted by Gasteiger charge is 2.07. The fourth-order valence-corrected chi connectivity index (χ4v) is 1.16.